The third kappa shape index (κ3) is 4.20. The zero-order valence-corrected chi connectivity index (χ0v) is 11.8. The molecule has 112 valence electrons. The molecule has 7 nitrogen and oxygen atoms in total. The van der Waals surface area contributed by atoms with Gasteiger partial charge in [-0.15, -0.1) is 0 Å². The number of amides is 4. The Morgan fingerprint density at radius 3 is 2.29 bits per heavy atom. The number of hydrogen-bond donors (Lipinski definition) is 2. The van der Waals surface area contributed by atoms with Crippen LogP contribution in [0.25, 0.3) is 0 Å². The summed E-state index contributed by atoms with van der Waals surface area (Å²) in [5, 5.41) is 5.45. The van der Waals surface area contributed by atoms with Gasteiger partial charge < -0.3 is 20.4 Å². The molecule has 2 N–H and O–H groups in total. The lowest BCUT2D eigenvalue weighted by molar-refractivity contribution is -0.119. The molecule has 1 aliphatic rings. The van der Waals surface area contributed by atoms with Gasteiger partial charge in [-0.1, -0.05) is 6.07 Å². The maximum absolute atomic E-state index is 12.1. The van der Waals surface area contributed by atoms with Gasteiger partial charge in [0.1, 0.15) is 0 Å². The van der Waals surface area contributed by atoms with Crippen molar-refractivity contribution in [1.29, 1.82) is 0 Å². The van der Waals surface area contributed by atoms with Crippen LogP contribution in [0.4, 0.5) is 16.2 Å². The van der Waals surface area contributed by atoms with Gasteiger partial charge in [0.2, 0.25) is 12.3 Å². The van der Waals surface area contributed by atoms with E-state index in [4.69, 9.17) is 0 Å². The molecule has 2 rings (SSSR count). The third-order valence-corrected chi connectivity index (χ3v) is 3.18. The van der Waals surface area contributed by atoms with Crippen LogP contribution >= 0.6 is 0 Å². The molecule has 1 aromatic rings. The van der Waals surface area contributed by atoms with E-state index >= 15 is 0 Å². The lowest BCUT2D eigenvalue weighted by Crippen LogP contribution is -2.49. The molecule has 0 saturated carbocycles. The standard InChI is InChI=1S/C14H18N4O3/c1-11(20)15-12-3-2-4-13(9-12)16-14(21)18-7-5-17(10-19)6-8-18/h2-4,9-10H,5-8H2,1H3,(H,15,20)(H,16,21). The fourth-order valence-electron chi connectivity index (χ4n) is 2.11. The number of carbonyl (C=O) groups is 3. The molecule has 0 unspecified atom stereocenters. The zero-order valence-electron chi connectivity index (χ0n) is 11.8. The van der Waals surface area contributed by atoms with Crippen molar-refractivity contribution in [1.82, 2.24) is 9.80 Å². The Morgan fingerprint density at radius 2 is 1.71 bits per heavy atom. The van der Waals surface area contributed by atoms with Gasteiger partial charge in [-0.2, -0.15) is 0 Å². The van der Waals surface area contributed by atoms with Gasteiger partial charge in [0.15, 0.2) is 0 Å². The highest BCUT2D eigenvalue weighted by atomic mass is 16.2. The summed E-state index contributed by atoms with van der Waals surface area (Å²) >= 11 is 0. The Hall–Kier alpha value is -2.57. The highest BCUT2D eigenvalue weighted by Crippen LogP contribution is 2.16. The monoisotopic (exact) mass is 290 g/mol. The number of nitrogens with zero attached hydrogens (tertiary/aromatic N) is 2. The quantitative estimate of drug-likeness (QED) is 0.813. The number of piperazine rings is 1. The lowest BCUT2D eigenvalue weighted by Gasteiger charge is -2.32. The predicted molar refractivity (Wildman–Crippen MR) is 79.0 cm³/mol. The Morgan fingerprint density at radius 1 is 1.10 bits per heavy atom. The molecule has 0 atom stereocenters. The van der Waals surface area contributed by atoms with Crippen LogP contribution in [0.1, 0.15) is 6.92 Å². The van der Waals surface area contributed by atoms with E-state index in [1.807, 2.05) is 0 Å². The minimum Gasteiger partial charge on any atom is -0.342 e. The summed E-state index contributed by atoms with van der Waals surface area (Å²) in [6, 6.07) is 6.75. The fraction of sp³-hybridized carbons (Fsp3) is 0.357. The van der Waals surface area contributed by atoms with Crippen LogP contribution in [0, 0.1) is 0 Å². The van der Waals surface area contributed by atoms with Crippen molar-refractivity contribution in [2.45, 2.75) is 6.92 Å². The Kier molecular flexibility index (Phi) is 4.76. The molecule has 1 aromatic carbocycles. The van der Waals surface area contributed by atoms with Crippen molar-refractivity contribution in [3.63, 3.8) is 0 Å². The molecule has 0 radical (unpaired) electrons. The van der Waals surface area contributed by atoms with Crippen molar-refractivity contribution in [2.75, 3.05) is 36.8 Å². The van der Waals surface area contributed by atoms with Crippen LogP contribution in [0.3, 0.4) is 0 Å². The Balaban J connectivity index is 1.93. The summed E-state index contributed by atoms with van der Waals surface area (Å²) in [5.41, 5.74) is 1.25. The van der Waals surface area contributed by atoms with Crippen molar-refractivity contribution >= 4 is 29.7 Å². The molecular weight excluding hydrogens is 272 g/mol. The molecule has 1 saturated heterocycles. The minimum absolute atomic E-state index is 0.163. The van der Waals surface area contributed by atoms with Crippen LogP contribution in [0.2, 0.25) is 0 Å². The molecule has 0 bridgehead atoms. The van der Waals surface area contributed by atoms with E-state index in [1.54, 1.807) is 34.1 Å². The Labute approximate surface area is 122 Å². The first kappa shape index (κ1) is 14.8. The van der Waals surface area contributed by atoms with E-state index in [0.717, 1.165) is 6.41 Å². The molecule has 4 amide bonds. The van der Waals surface area contributed by atoms with E-state index in [-0.39, 0.29) is 11.9 Å². The second-order valence-electron chi connectivity index (χ2n) is 4.82. The summed E-state index contributed by atoms with van der Waals surface area (Å²) in [5.74, 6) is -0.163. The van der Waals surface area contributed by atoms with Crippen LogP contribution in [-0.4, -0.2) is 54.3 Å². The minimum atomic E-state index is -0.208. The average molecular weight is 290 g/mol. The molecule has 1 heterocycles. The number of benzene rings is 1. The molecule has 0 spiro atoms. The van der Waals surface area contributed by atoms with Gasteiger partial charge in [0.05, 0.1) is 0 Å². The number of nitrogens with one attached hydrogen (secondary N) is 2. The van der Waals surface area contributed by atoms with E-state index < -0.39 is 0 Å². The lowest BCUT2D eigenvalue weighted by atomic mass is 10.2. The summed E-state index contributed by atoms with van der Waals surface area (Å²) in [6.07, 6.45) is 0.798. The van der Waals surface area contributed by atoms with Crippen LogP contribution in [0.15, 0.2) is 24.3 Å². The third-order valence-electron chi connectivity index (χ3n) is 3.18. The van der Waals surface area contributed by atoms with E-state index in [1.165, 1.54) is 6.92 Å². The number of hydrogen-bond acceptors (Lipinski definition) is 3. The topological polar surface area (TPSA) is 81.8 Å². The summed E-state index contributed by atoms with van der Waals surface area (Å²) in [7, 11) is 0. The van der Waals surface area contributed by atoms with E-state index in [9.17, 15) is 14.4 Å². The fourth-order valence-corrected chi connectivity index (χ4v) is 2.11. The molecule has 1 fully saturated rings. The van der Waals surface area contributed by atoms with Crippen molar-refractivity contribution in [3.05, 3.63) is 24.3 Å². The molecule has 21 heavy (non-hydrogen) atoms. The normalized spacial score (nSPS) is 14.5. The predicted octanol–water partition coefficient (Wildman–Crippen LogP) is 0.951. The number of anilines is 2. The maximum Gasteiger partial charge on any atom is 0.321 e. The van der Waals surface area contributed by atoms with Gasteiger partial charge in [-0.3, -0.25) is 9.59 Å². The molecular formula is C14H18N4O3. The molecule has 0 aromatic heterocycles. The van der Waals surface area contributed by atoms with Crippen molar-refractivity contribution in [2.24, 2.45) is 0 Å². The van der Waals surface area contributed by atoms with Gasteiger partial charge in [0, 0.05) is 44.5 Å². The Bertz CT molecular complexity index is 539. The van der Waals surface area contributed by atoms with E-state index in [0.29, 0.717) is 37.6 Å². The maximum atomic E-state index is 12.1. The van der Waals surface area contributed by atoms with Gasteiger partial charge in [-0.05, 0) is 18.2 Å². The average Bonchev–Trinajstić information content (AvgIpc) is 2.47. The number of rotatable bonds is 3. The van der Waals surface area contributed by atoms with Crippen LogP contribution in [-0.2, 0) is 9.59 Å². The summed E-state index contributed by atoms with van der Waals surface area (Å²) < 4.78 is 0. The van der Waals surface area contributed by atoms with Crippen LogP contribution in [0.5, 0.6) is 0 Å². The number of urea groups is 1. The SMILES string of the molecule is CC(=O)Nc1cccc(NC(=O)N2CCN(C=O)CC2)c1. The first-order chi connectivity index (χ1) is 10.1. The zero-order chi connectivity index (χ0) is 15.2. The molecule has 0 aliphatic carbocycles. The first-order valence-electron chi connectivity index (χ1n) is 6.71. The summed E-state index contributed by atoms with van der Waals surface area (Å²) in [6.45, 7) is 3.54. The number of carbonyl (C=O) groups excluding carboxylic acids is 3. The van der Waals surface area contributed by atoms with Gasteiger partial charge in [0.25, 0.3) is 0 Å². The largest absolute Gasteiger partial charge is 0.342 e. The smallest absolute Gasteiger partial charge is 0.321 e. The van der Waals surface area contributed by atoms with Crippen LogP contribution < -0.4 is 10.6 Å². The highest BCUT2D eigenvalue weighted by molar-refractivity contribution is 5.92. The van der Waals surface area contributed by atoms with Gasteiger partial charge >= 0.3 is 6.03 Å². The second-order valence-corrected chi connectivity index (χ2v) is 4.82. The van der Waals surface area contributed by atoms with Crippen molar-refractivity contribution in [3.8, 4) is 0 Å². The first-order valence-corrected chi connectivity index (χ1v) is 6.71. The molecule has 1 aliphatic heterocycles. The van der Waals surface area contributed by atoms with Crippen molar-refractivity contribution < 1.29 is 14.4 Å². The molecule has 7 heteroatoms. The van der Waals surface area contributed by atoms with Gasteiger partial charge in [-0.25, -0.2) is 4.79 Å². The van der Waals surface area contributed by atoms with E-state index in [2.05, 4.69) is 10.6 Å². The second kappa shape index (κ2) is 6.74. The summed E-state index contributed by atoms with van der Waals surface area (Å²) in [4.78, 5) is 37.1. The highest BCUT2D eigenvalue weighted by Gasteiger charge is 2.20.